The third kappa shape index (κ3) is 2.42. The van der Waals surface area contributed by atoms with Crippen LogP contribution >= 0.6 is 11.8 Å². The molecule has 0 N–H and O–H groups in total. The minimum atomic E-state index is -0.873. The second kappa shape index (κ2) is 4.22. The van der Waals surface area contributed by atoms with Crippen LogP contribution in [0.4, 0.5) is 0 Å². The van der Waals surface area contributed by atoms with Gasteiger partial charge in [-0.25, -0.2) is 0 Å². The Morgan fingerprint density at radius 2 is 2.29 bits per heavy atom. The average Bonchev–Trinajstić information content (AvgIpc) is 2.16. The van der Waals surface area contributed by atoms with E-state index in [4.69, 9.17) is 5.26 Å². The largest absolute Gasteiger partial charge is 0.339 e. The monoisotopic (exact) mass is 212 g/mol. The topological polar surface area (TPSA) is 44.1 Å². The molecule has 1 fully saturated rings. The summed E-state index contributed by atoms with van der Waals surface area (Å²) in [5, 5.41) is 9.35. The quantitative estimate of drug-likeness (QED) is 0.661. The predicted molar refractivity (Wildman–Crippen MR) is 57.9 cm³/mol. The highest BCUT2D eigenvalue weighted by atomic mass is 32.2. The summed E-state index contributed by atoms with van der Waals surface area (Å²) in [6.07, 6.45) is 0. The van der Waals surface area contributed by atoms with Gasteiger partial charge in [0.25, 0.3) is 0 Å². The van der Waals surface area contributed by atoms with Crippen molar-refractivity contribution in [3.63, 3.8) is 0 Å². The van der Waals surface area contributed by atoms with Crippen LogP contribution in [0.5, 0.6) is 0 Å². The zero-order valence-electron chi connectivity index (χ0n) is 8.91. The highest BCUT2D eigenvalue weighted by molar-refractivity contribution is 7.99. The summed E-state index contributed by atoms with van der Waals surface area (Å²) in [4.78, 5) is 13.7. The van der Waals surface area contributed by atoms with Gasteiger partial charge in [0.2, 0.25) is 5.91 Å². The molecule has 14 heavy (non-hydrogen) atoms. The Kier molecular flexibility index (Phi) is 3.43. The van der Waals surface area contributed by atoms with Crippen molar-refractivity contribution < 1.29 is 4.79 Å². The predicted octanol–water partition coefficient (Wildman–Crippen LogP) is 1.50. The van der Waals surface area contributed by atoms with Crippen LogP contribution in [0.1, 0.15) is 20.8 Å². The zero-order valence-corrected chi connectivity index (χ0v) is 9.73. The highest BCUT2D eigenvalue weighted by Gasteiger charge is 2.33. The van der Waals surface area contributed by atoms with E-state index in [0.717, 1.165) is 18.8 Å². The van der Waals surface area contributed by atoms with Crippen LogP contribution in [0.3, 0.4) is 0 Å². The number of nitriles is 1. The molecule has 1 aliphatic heterocycles. The summed E-state index contributed by atoms with van der Waals surface area (Å²) < 4.78 is 0. The number of carbonyl (C=O) groups excluding carboxylic acids is 1. The minimum absolute atomic E-state index is 0.0350. The summed E-state index contributed by atoms with van der Waals surface area (Å²) >= 11 is 1.88. The summed E-state index contributed by atoms with van der Waals surface area (Å²) in [5.74, 6) is 0.946. The molecule has 0 aromatic carbocycles. The molecule has 0 aromatic heterocycles. The van der Waals surface area contributed by atoms with Crippen LogP contribution < -0.4 is 0 Å². The standard InChI is InChI=1S/C10H16N2OS/c1-8-6-12(4-5-14-8)9(13)10(2,3)7-11/h8H,4-6H2,1-3H3. The van der Waals surface area contributed by atoms with Crippen LogP contribution in [0, 0.1) is 16.7 Å². The van der Waals surface area contributed by atoms with Gasteiger partial charge in [0.1, 0.15) is 5.41 Å². The maximum Gasteiger partial charge on any atom is 0.242 e. The van der Waals surface area contributed by atoms with Crippen molar-refractivity contribution >= 4 is 17.7 Å². The van der Waals surface area contributed by atoms with E-state index >= 15 is 0 Å². The molecule has 0 radical (unpaired) electrons. The van der Waals surface area contributed by atoms with Gasteiger partial charge in [-0.2, -0.15) is 17.0 Å². The summed E-state index contributed by atoms with van der Waals surface area (Å²) in [7, 11) is 0. The van der Waals surface area contributed by atoms with Crippen molar-refractivity contribution in [1.29, 1.82) is 5.26 Å². The number of amides is 1. The number of thioether (sulfide) groups is 1. The lowest BCUT2D eigenvalue weighted by Gasteiger charge is -2.33. The van der Waals surface area contributed by atoms with Crippen molar-refractivity contribution in [3.05, 3.63) is 0 Å². The van der Waals surface area contributed by atoms with Gasteiger partial charge in [-0.3, -0.25) is 4.79 Å². The SMILES string of the molecule is CC1CN(C(=O)C(C)(C)C#N)CCS1. The molecule has 1 saturated heterocycles. The molecular formula is C10H16N2OS. The fourth-order valence-corrected chi connectivity index (χ4v) is 2.46. The van der Waals surface area contributed by atoms with E-state index in [2.05, 4.69) is 13.0 Å². The van der Waals surface area contributed by atoms with E-state index in [9.17, 15) is 4.79 Å². The van der Waals surface area contributed by atoms with Gasteiger partial charge in [0.15, 0.2) is 0 Å². The molecule has 0 aliphatic carbocycles. The van der Waals surface area contributed by atoms with Gasteiger partial charge >= 0.3 is 0 Å². The lowest BCUT2D eigenvalue weighted by molar-refractivity contribution is -0.137. The van der Waals surface area contributed by atoms with Gasteiger partial charge in [-0.15, -0.1) is 0 Å². The summed E-state index contributed by atoms with van der Waals surface area (Å²) in [5.41, 5.74) is -0.873. The molecule has 1 heterocycles. The van der Waals surface area contributed by atoms with E-state index < -0.39 is 5.41 Å². The van der Waals surface area contributed by atoms with E-state index in [0.29, 0.717) is 5.25 Å². The summed E-state index contributed by atoms with van der Waals surface area (Å²) in [6.45, 7) is 7.03. The lowest BCUT2D eigenvalue weighted by atomic mass is 9.93. The molecule has 1 unspecified atom stereocenters. The Balaban J connectivity index is 2.66. The third-order valence-corrected chi connectivity index (χ3v) is 3.48. The van der Waals surface area contributed by atoms with E-state index in [-0.39, 0.29) is 5.91 Å². The molecule has 0 aromatic rings. The molecular weight excluding hydrogens is 196 g/mol. The summed E-state index contributed by atoms with van der Waals surface area (Å²) in [6, 6.07) is 2.06. The van der Waals surface area contributed by atoms with Crippen molar-refractivity contribution in [2.45, 2.75) is 26.0 Å². The van der Waals surface area contributed by atoms with Crippen molar-refractivity contribution in [2.75, 3.05) is 18.8 Å². The van der Waals surface area contributed by atoms with Gasteiger partial charge in [-0.1, -0.05) is 6.92 Å². The number of rotatable bonds is 1. The zero-order chi connectivity index (χ0) is 10.8. The fraction of sp³-hybridized carbons (Fsp3) is 0.800. The molecule has 1 aliphatic rings. The molecule has 0 saturated carbocycles. The van der Waals surface area contributed by atoms with Crippen molar-refractivity contribution in [2.24, 2.45) is 5.41 Å². The molecule has 78 valence electrons. The third-order valence-electron chi connectivity index (χ3n) is 2.34. The first-order chi connectivity index (χ1) is 6.47. The van der Waals surface area contributed by atoms with Gasteiger partial charge in [0.05, 0.1) is 6.07 Å². The Hall–Kier alpha value is -0.690. The Morgan fingerprint density at radius 1 is 1.64 bits per heavy atom. The highest BCUT2D eigenvalue weighted by Crippen LogP contribution is 2.23. The van der Waals surface area contributed by atoms with E-state index in [1.54, 1.807) is 13.8 Å². The second-order valence-corrected chi connectivity index (χ2v) is 5.72. The molecule has 1 amide bonds. The van der Waals surface area contributed by atoms with Crippen LogP contribution in [0.2, 0.25) is 0 Å². The number of hydrogen-bond acceptors (Lipinski definition) is 3. The smallest absolute Gasteiger partial charge is 0.242 e. The Morgan fingerprint density at radius 3 is 2.79 bits per heavy atom. The molecule has 3 nitrogen and oxygen atoms in total. The van der Waals surface area contributed by atoms with Gasteiger partial charge in [-0.05, 0) is 13.8 Å². The molecule has 1 atom stereocenters. The van der Waals surface area contributed by atoms with Crippen LogP contribution in [0.15, 0.2) is 0 Å². The van der Waals surface area contributed by atoms with Gasteiger partial charge < -0.3 is 4.90 Å². The van der Waals surface area contributed by atoms with Crippen molar-refractivity contribution in [3.8, 4) is 6.07 Å². The first-order valence-electron chi connectivity index (χ1n) is 4.79. The Bertz CT molecular complexity index is 270. The average molecular weight is 212 g/mol. The maximum atomic E-state index is 11.9. The fourth-order valence-electron chi connectivity index (χ4n) is 1.45. The molecule has 0 spiro atoms. The maximum absolute atomic E-state index is 11.9. The first kappa shape index (κ1) is 11.4. The molecule has 0 bridgehead atoms. The first-order valence-corrected chi connectivity index (χ1v) is 5.84. The lowest BCUT2D eigenvalue weighted by Crippen LogP contribution is -2.46. The van der Waals surface area contributed by atoms with Crippen LogP contribution in [-0.2, 0) is 4.79 Å². The normalized spacial score (nSPS) is 23.0. The van der Waals surface area contributed by atoms with E-state index in [1.165, 1.54) is 0 Å². The molecule has 1 rings (SSSR count). The number of hydrogen-bond donors (Lipinski definition) is 0. The van der Waals surface area contributed by atoms with Crippen molar-refractivity contribution in [1.82, 2.24) is 4.90 Å². The molecule has 4 heteroatoms. The minimum Gasteiger partial charge on any atom is -0.339 e. The van der Waals surface area contributed by atoms with Crippen LogP contribution in [0.25, 0.3) is 0 Å². The van der Waals surface area contributed by atoms with Gasteiger partial charge in [0, 0.05) is 24.1 Å². The van der Waals surface area contributed by atoms with Crippen LogP contribution in [-0.4, -0.2) is 34.9 Å². The number of carbonyl (C=O) groups is 1. The number of nitrogens with zero attached hydrogens (tertiary/aromatic N) is 2. The Labute approximate surface area is 89.5 Å². The second-order valence-electron chi connectivity index (χ2n) is 4.17. The van der Waals surface area contributed by atoms with E-state index in [1.807, 2.05) is 16.7 Å².